The van der Waals surface area contributed by atoms with E-state index in [2.05, 4.69) is 5.32 Å². The normalized spacial score (nSPS) is 13.6. The summed E-state index contributed by atoms with van der Waals surface area (Å²) in [5.74, 6) is 0.698. The van der Waals surface area contributed by atoms with E-state index in [0.29, 0.717) is 6.54 Å². The molecule has 0 saturated carbocycles. The second kappa shape index (κ2) is 7.64. The fourth-order valence-electron chi connectivity index (χ4n) is 2.26. The first-order valence-electron chi connectivity index (χ1n) is 7.31. The number of carbonyl (C=O) groups is 1. The van der Waals surface area contributed by atoms with Crippen molar-refractivity contribution in [3.05, 3.63) is 60.1 Å². The van der Waals surface area contributed by atoms with Gasteiger partial charge in [0.15, 0.2) is 0 Å². The van der Waals surface area contributed by atoms with Crippen LogP contribution in [-0.4, -0.2) is 12.5 Å². The topological polar surface area (TPSA) is 68.3 Å². The highest BCUT2D eigenvalue weighted by Gasteiger charge is 2.21. The second-order valence-electron chi connectivity index (χ2n) is 5.20. The van der Waals surface area contributed by atoms with E-state index < -0.39 is 0 Å². The molecule has 0 saturated heterocycles. The predicted molar refractivity (Wildman–Crippen MR) is 82.6 cm³/mol. The van der Waals surface area contributed by atoms with Crippen molar-refractivity contribution in [3.63, 3.8) is 0 Å². The van der Waals surface area contributed by atoms with Crippen LogP contribution in [0, 0.1) is 5.92 Å². The maximum Gasteiger partial charge on any atom is 0.223 e. The molecule has 0 spiro atoms. The second-order valence-corrected chi connectivity index (χ2v) is 5.20. The van der Waals surface area contributed by atoms with Crippen molar-refractivity contribution < 1.29 is 9.21 Å². The molecular weight excluding hydrogens is 264 g/mol. The Kier molecular flexibility index (Phi) is 5.58. The third-order valence-electron chi connectivity index (χ3n) is 3.54. The zero-order valence-corrected chi connectivity index (χ0v) is 12.3. The van der Waals surface area contributed by atoms with Crippen molar-refractivity contribution in [2.75, 3.05) is 6.54 Å². The molecule has 1 heterocycles. The summed E-state index contributed by atoms with van der Waals surface area (Å²) in [5.41, 5.74) is 6.51. The molecule has 0 aliphatic rings. The van der Waals surface area contributed by atoms with Crippen LogP contribution >= 0.6 is 0 Å². The van der Waals surface area contributed by atoms with Gasteiger partial charge in [0.2, 0.25) is 5.91 Å². The number of amides is 1. The van der Waals surface area contributed by atoms with Gasteiger partial charge in [-0.15, -0.1) is 0 Å². The minimum atomic E-state index is -0.256. The van der Waals surface area contributed by atoms with E-state index in [9.17, 15) is 4.79 Å². The van der Waals surface area contributed by atoms with Gasteiger partial charge in [-0.25, -0.2) is 0 Å². The molecule has 4 nitrogen and oxygen atoms in total. The lowest BCUT2D eigenvalue weighted by Crippen LogP contribution is -2.33. The smallest absolute Gasteiger partial charge is 0.223 e. The number of hydrogen-bond donors (Lipinski definition) is 2. The summed E-state index contributed by atoms with van der Waals surface area (Å²) in [6, 6.07) is 13.3. The van der Waals surface area contributed by atoms with Crippen LogP contribution < -0.4 is 11.1 Å². The lowest BCUT2D eigenvalue weighted by Gasteiger charge is -2.20. The highest BCUT2D eigenvalue weighted by molar-refractivity contribution is 5.79. The number of nitrogens with two attached hydrogens (primary N) is 1. The van der Waals surface area contributed by atoms with Gasteiger partial charge in [-0.3, -0.25) is 4.79 Å². The van der Waals surface area contributed by atoms with Gasteiger partial charge in [0.25, 0.3) is 0 Å². The van der Waals surface area contributed by atoms with E-state index in [4.69, 9.17) is 10.2 Å². The highest BCUT2D eigenvalue weighted by atomic mass is 16.3. The lowest BCUT2D eigenvalue weighted by molar-refractivity contribution is -0.125. The molecule has 1 amide bonds. The average Bonchev–Trinajstić information content (AvgIpc) is 3.04. The van der Waals surface area contributed by atoms with Crippen LogP contribution in [0.2, 0.25) is 0 Å². The van der Waals surface area contributed by atoms with E-state index in [-0.39, 0.29) is 17.9 Å². The van der Waals surface area contributed by atoms with Crippen LogP contribution in [0.3, 0.4) is 0 Å². The fraction of sp³-hybridized carbons (Fsp3) is 0.353. The Hall–Kier alpha value is -2.07. The molecular formula is C17H22N2O2. The molecule has 2 rings (SSSR count). The first-order chi connectivity index (χ1) is 10.2. The number of benzene rings is 1. The molecule has 4 heteroatoms. The van der Waals surface area contributed by atoms with Crippen LogP contribution in [0.4, 0.5) is 0 Å². The van der Waals surface area contributed by atoms with Gasteiger partial charge in [0, 0.05) is 5.92 Å². The number of hydrogen-bond acceptors (Lipinski definition) is 3. The monoisotopic (exact) mass is 286 g/mol. The SMILES string of the molecule is CC(CCCN)C(=O)NC(c1ccccc1)c1ccco1. The third-order valence-corrected chi connectivity index (χ3v) is 3.54. The maximum atomic E-state index is 12.3. The average molecular weight is 286 g/mol. The molecule has 1 aromatic carbocycles. The van der Waals surface area contributed by atoms with Crippen LogP contribution in [0.1, 0.15) is 37.1 Å². The molecule has 0 radical (unpaired) electrons. The third kappa shape index (κ3) is 4.20. The van der Waals surface area contributed by atoms with Crippen molar-refractivity contribution in [2.24, 2.45) is 11.7 Å². The first-order valence-corrected chi connectivity index (χ1v) is 7.31. The van der Waals surface area contributed by atoms with E-state index in [0.717, 1.165) is 24.2 Å². The van der Waals surface area contributed by atoms with Crippen molar-refractivity contribution in [1.82, 2.24) is 5.32 Å². The van der Waals surface area contributed by atoms with E-state index in [1.54, 1.807) is 6.26 Å². The number of rotatable bonds is 7. The van der Waals surface area contributed by atoms with Gasteiger partial charge >= 0.3 is 0 Å². The van der Waals surface area contributed by atoms with Gasteiger partial charge in [0.1, 0.15) is 11.8 Å². The van der Waals surface area contributed by atoms with E-state index in [1.165, 1.54) is 0 Å². The van der Waals surface area contributed by atoms with Gasteiger partial charge in [-0.2, -0.15) is 0 Å². The van der Waals surface area contributed by atoms with Gasteiger partial charge < -0.3 is 15.5 Å². The minimum Gasteiger partial charge on any atom is -0.467 e. The summed E-state index contributed by atoms with van der Waals surface area (Å²) in [5, 5.41) is 3.07. The molecule has 2 aromatic rings. The van der Waals surface area contributed by atoms with Crippen LogP contribution in [0.25, 0.3) is 0 Å². The Labute approximate surface area is 125 Å². The molecule has 0 aliphatic carbocycles. The summed E-state index contributed by atoms with van der Waals surface area (Å²) in [7, 11) is 0. The van der Waals surface area contributed by atoms with E-state index in [1.807, 2.05) is 49.4 Å². The molecule has 0 fully saturated rings. The Morgan fingerprint density at radius 3 is 2.62 bits per heavy atom. The van der Waals surface area contributed by atoms with Crippen molar-refractivity contribution in [2.45, 2.75) is 25.8 Å². The van der Waals surface area contributed by atoms with Gasteiger partial charge in [0.05, 0.1) is 6.26 Å². The molecule has 21 heavy (non-hydrogen) atoms. The van der Waals surface area contributed by atoms with Crippen molar-refractivity contribution in [3.8, 4) is 0 Å². The van der Waals surface area contributed by atoms with E-state index >= 15 is 0 Å². The van der Waals surface area contributed by atoms with Crippen LogP contribution in [0.5, 0.6) is 0 Å². The number of carbonyl (C=O) groups excluding carboxylic acids is 1. The lowest BCUT2D eigenvalue weighted by atomic mass is 10.0. The van der Waals surface area contributed by atoms with Gasteiger partial charge in [-0.1, -0.05) is 37.3 Å². The summed E-state index contributed by atoms with van der Waals surface area (Å²) < 4.78 is 5.48. The predicted octanol–water partition coefficient (Wildman–Crippen LogP) is 2.86. The maximum absolute atomic E-state index is 12.3. The standard InChI is InChI=1S/C17H22N2O2/c1-13(7-5-11-18)17(20)19-16(15-10-6-12-21-15)14-8-3-2-4-9-14/h2-4,6,8-10,12-13,16H,5,7,11,18H2,1H3,(H,19,20). The summed E-state index contributed by atoms with van der Waals surface area (Å²) in [4.78, 5) is 12.3. The zero-order valence-electron chi connectivity index (χ0n) is 12.3. The Bertz CT molecular complexity index is 537. The molecule has 0 aliphatic heterocycles. The molecule has 1 aromatic heterocycles. The fourth-order valence-corrected chi connectivity index (χ4v) is 2.26. The first kappa shape index (κ1) is 15.3. The molecule has 0 bridgehead atoms. The molecule has 2 unspecified atom stereocenters. The summed E-state index contributed by atoms with van der Waals surface area (Å²) in [6.07, 6.45) is 3.27. The van der Waals surface area contributed by atoms with Gasteiger partial charge in [-0.05, 0) is 37.1 Å². The highest BCUT2D eigenvalue weighted by Crippen LogP contribution is 2.23. The quantitative estimate of drug-likeness (QED) is 0.822. The summed E-state index contributed by atoms with van der Waals surface area (Å²) in [6.45, 7) is 2.53. The molecule has 112 valence electrons. The molecule has 3 N–H and O–H groups in total. The Balaban J connectivity index is 2.12. The molecule has 2 atom stereocenters. The summed E-state index contributed by atoms with van der Waals surface area (Å²) >= 11 is 0. The Morgan fingerprint density at radius 2 is 2.00 bits per heavy atom. The minimum absolute atomic E-state index is 0.0219. The number of furan rings is 1. The largest absolute Gasteiger partial charge is 0.467 e. The van der Waals surface area contributed by atoms with Crippen molar-refractivity contribution >= 4 is 5.91 Å². The van der Waals surface area contributed by atoms with Crippen molar-refractivity contribution in [1.29, 1.82) is 0 Å². The van der Waals surface area contributed by atoms with Crippen LogP contribution in [0.15, 0.2) is 53.1 Å². The Morgan fingerprint density at radius 1 is 1.24 bits per heavy atom. The number of nitrogens with one attached hydrogen (secondary N) is 1. The van der Waals surface area contributed by atoms with Crippen LogP contribution in [-0.2, 0) is 4.79 Å². The zero-order chi connectivity index (χ0) is 15.1.